The highest BCUT2D eigenvalue weighted by molar-refractivity contribution is 9.10. The zero-order valence-corrected chi connectivity index (χ0v) is 8.87. The van der Waals surface area contributed by atoms with Crippen LogP contribution in [0.2, 0.25) is 0 Å². The first-order valence-electron chi connectivity index (χ1n) is 3.88. The summed E-state index contributed by atoms with van der Waals surface area (Å²) >= 11 is 3.31. The van der Waals surface area contributed by atoms with E-state index in [1.807, 2.05) is 6.07 Å². The van der Waals surface area contributed by atoms with E-state index in [-0.39, 0.29) is 5.97 Å². The van der Waals surface area contributed by atoms with Gasteiger partial charge in [-0.25, -0.2) is 0 Å². The second-order valence-electron chi connectivity index (χ2n) is 2.59. The van der Waals surface area contributed by atoms with Gasteiger partial charge >= 0.3 is 5.97 Å². The predicted octanol–water partition coefficient (Wildman–Crippen LogP) is 1.95. The maximum atomic E-state index is 10.8. The van der Waals surface area contributed by atoms with Crippen LogP contribution in [0.4, 0.5) is 0 Å². The molecule has 0 amide bonds. The van der Waals surface area contributed by atoms with Crippen molar-refractivity contribution in [2.75, 3.05) is 7.11 Å². The summed E-state index contributed by atoms with van der Waals surface area (Å²) in [6.45, 7) is 0. The Morgan fingerprint density at radius 3 is 3.00 bits per heavy atom. The number of pyridine rings is 1. The zero-order chi connectivity index (χ0) is 9.68. The van der Waals surface area contributed by atoms with Gasteiger partial charge in [0.2, 0.25) is 0 Å². The topological polar surface area (TPSA) is 39.2 Å². The number of hydrogen-bond donors (Lipinski definition) is 0. The van der Waals surface area contributed by atoms with Crippen LogP contribution in [0.5, 0.6) is 0 Å². The molecule has 0 N–H and O–H groups in total. The lowest BCUT2D eigenvalue weighted by Crippen LogP contribution is -2.01. The molecule has 3 nitrogen and oxygen atoms in total. The summed E-state index contributed by atoms with van der Waals surface area (Å²) in [5, 5.41) is 0. The smallest absolute Gasteiger partial charge is 0.305 e. The quantitative estimate of drug-likeness (QED) is 0.763. The third-order valence-electron chi connectivity index (χ3n) is 1.61. The molecule has 0 bridgehead atoms. The lowest BCUT2D eigenvalue weighted by molar-refractivity contribution is -0.140. The largest absolute Gasteiger partial charge is 0.469 e. The number of ether oxygens (including phenoxy) is 1. The number of carbonyl (C=O) groups is 1. The van der Waals surface area contributed by atoms with E-state index in [2.05, 4.69) is 25.7 Å². The van der Waals surface area contributed by atoms with Gasteiger partial charge in [-0.05, 0) is 34.0 Å². The number of halogens is 1. The molecule has 0 saturated carbocycles. The van der Waals surface area contributed by atoms with E-state index >= 15 is 0 Å². The van der Waals surface area contributed by atoms with Crippen LogP contribution in [0.25, 0.3) is 0 Å². The SMILES string of the molecule is COC(=O)CCc1cncc(Br)c1. The molecule has 4 heteroatoms. The summed E-state index contributed by atoms with van der Waals surface area (Å²) in [7, 11) is 1.39. The molecule has 13 heavy (non-hydrogen) atoms. The van der Waals surface area contributed by atoms with Crippen molar-refractivity contribution in [2.24, 2.45) is 0 Å². The highest BCUT2D eigenvalue weighted by Gasteiger charge is 2.01. The van der Waals surface area contributed by atoms with Gasteiger partial charge in [0.1, 0.15) is 0 Å². The lowest BCUT2D eigenvalue weighted by atomic mass is 10.2. The van der Waals surface area contributed by atoms with Crippen LogP contribution in [0.3, 0.4) is 0 Å². The standard InChI is InChI=1S/C9H10BrNO2/c1-13-9(12)3-2-7-4-8(10)6-11-5-7/h4-6H,2-3H2,1H3. The van der Waals surface area contributed by atoms with Crippen molar-refractivity contribution >= 4 is 21.9 Å². The zero-order valence-electron chi connectivity index (χ0n) is 7.29. The molecule has 0 radical (unpaired) electrons. The molecule has 0 aliphatic rings. The van der Waals surface area contributed by atoms with Crippen molar-refractivity contribution in [1.82, 2.24) is 4.98 Å². The highest BCUT2D eigenvalue weighted by atomic mass is 79.9. The first kappa shape index (κ1) is 10.2. The summed E-state index contributed by atoms with van der Waals surface area (Å²) < 4.78 is 5.46. The summed E-state index contributed by atoms with van der Waals surface area (Å²) in [6.07, 6.45) is 4.52. The van der Waals surface area contributed by atoms with E-state index in [1.165, 1.54) is 7.11 Å². The van der Waals surface area contributed by atoms with Crippen LogP contribution in [-0.2, 0) is 16.0 Å². The predicted molar refractivity (Wildman–Crippen MR) is 52.3 cm³/mol. The molecule has 1 aromatic rings. The number of aromatic nitrogens is 1. The Balaban J connectivity index is 2.50. The molecule has 0 aromatic carbocycles. The second kappa shape index (κ2) is 4.97. The molecular formula is C9H10BrNO2. The van der Waals surface area contributed by atoms with Crippen LogP contribution in [-0.4, -0.2) is 18.1 Å². The average molecular weight is 244 g/mol. The molecular weight excluding hydrogens is 234 g/mol. The molecule has 0 aliphatic carbocycles. The number of rotatable bonds is 3. The molecule has 1 aromatic heterocycles. The van der Waals surface area contributed by atoms with Crippen LogP contribution >= 0.6 is 15.9 Å². The molecule has 0 fully saturated rings. The first-order valence-corrected chi connectivity index (χ1v) is 4.68. The average Bonchev–Trinajstić information content (AvgIpc) is 2.14. The number of esters is 1. The van der Waals surface area contributed by atoms with Crippen molar-refractivity contribution in [3.8, 4) is 0 Å². The van der Waals surface area contributed by atoms with Gasteiger partial charge in [0.25, 0.3) is 0 Å². The Labute approximate surface area is 85.3 Å². The summed E-state index contributed by atoms with van der Waals surface area (Å²) in [5.74, 6) is -0.194. The van der Waals surface area contributed by atoms with Crippen molar-refractivity contribution in [2.45, 2.75) is 12.8 Å². The van der Waals surface area contributed by atoms with E-state index in [9.17, 15) is 4.79 Å². The maximum Gasteiger partial charge on any atom is 0.305 e. The first-order chi connectivity index (χ1) is 6.22. The minimum Gasteiger partial charge on any atom is -0.469 e. The summed E-state index contributed by atoms with van der Waals surface area (Å²) in [5.41, 5.74) is 1.03. The fourth-order valence-electron chi connectivity index (χ4n) is 0.941. The van der Waals surface area contributed by atoms with Crippen LogP contribution in [0, 0.1) is 0 Å². The lowest BCUT2D eigenvalue weighted by Gasteiger charge is -1.99. The Hall–Kier alpha value is -0.900. The highest BCUT2D eigenvalue weighted by Crippen LogP contribution is 2.11. The summed E-state index contributed by atoms with van der Waals surface area (Å²) in [4.78, 5) is 14.8. The van der Waals surface area contributed by atoms with E-state index in [0.29, 0.717) is 12.8 Å². The molecule has 0 unspecified atom stereocenters. The fraction of sp³-hybridized carbons (Fsp3) is 0.333. The maximum absolute atomic E-state index is 10.8. The molecule has 0 spiro atoms. The molecule has 0 saturated heterocycles. The van der Waals surface area contributed by atoms with Gasteiger partial charge in [-0.1, -0.05) is 0 Å². The van der Waals surface area contributed by atoms with Gasteiger partial charge in [0.05, 0.1) is 7.11 Å². The van der Waals surface area contributed by atoms with E-state index < -0.39 is 0 Å². The Bertz CT molecular complexity index is 301. The van der Waals surface area contributed by atoms with Gasteiger partial charge in [-0.3, -0.25) is 9.78 Å². The minimum atomic E-state index is -0.194. The number of hydrogen-bond acceptors (Lipinski definition) is 3. The van der Waals surface area contributed by atoms with Crippen LogP contribution < -0.4 is 0 Å². The van der Waals surface area contributed by atoms with Gasteiger partial charge in [0.15, 0.2) is 0 Å². The Morgan fingerprint density at radius 2 is 2.38 bits per heavy atom. The number of methoxy groups -OCH3 is 1. The minimum absolute atomic E-state index is 0.194. The van der Waals surface area contributed by atoms with Gasteiger partial charge in [0, 0.05) is 23.3 Å². The normalized spacial score (nSPS) is 9.69. The summed E-state index contributed by atoms with van der Waals surface area (Å²) in [6, 6.07) is 1.94. The molecule has 1 heterocycles. The third kappa shape index (κ3) is 3.55. The van der Waals surface area contributed by atoms with Crippen LogP contribution in [0.1, 0.15) is 12.0 Å². The second-order valence-corrected chi connectivity index (χ2v) is 3.50. The van der Waals surface area contributed by atoms with Crippen molar-refractivity contribution in [3.05, 3.63) is 28.5 Å². The molecule has 0 aliphatic heterocycles. The van der Waals surface area contributed by atoms with Gasteiger partial charge < -0.3 is 4.74 Å². The third-order valence-corrected chi connectivity index (χ3v) is 2.04. The van der Waals surface area contributed by atoms with E-state index in [0.717, 1.165) is 10.0 Å². The van der Waals surface area contributed by atoms with Crippen molar-refractivity contribution in [1.29, 1.82) is 0 Å². The van der Waals surface area contributed by atoms with Crippen LogP contribution in [0.15, 0.2) is 22.9 Å². The van der Waals surface area contributed by atoms with Crippen molar-refractivity contribution in [3.63, 3.8) is 0 Å². The molecule has 1 rings (SSSR count). The Morgan fingerprint density at radius 1 is 1.62 bits per heavy atom. The van der Waals surface area contributed by atoms with Gasteiger partial charge in [-0.15, -0.1) is 0 Å². The number of nitrogens with zero attached hydrogens (tertiary/aromatic N) is 1. The van der Waals surface area contributed by atoms with E-state index in [4.69, 9.17) is 0 Å². The van der Waals surface area contributed by atoms with Crippen molar-refractivity contribution < 1.29 is 9.53 Å². The number of carbonyl (C=O) groups excluding carboxylic acids is 1. The van der Waals surface area contributed by atoms with E-state index in [1.54, 1.807) is 12.4 Å². The molecule has 70 valence electrons. The van der Waals surface area contributed by atoms with Gasteiger partial charge in [-0.2, -0.15) is 0 Å². The fourth-order valence-corrected chi connectivity index (χ4v) is 1.35. The Kier molecular flexibility index (Phi) is 3.89. The number of aryl methyl sites for hydroxylation is 1. The monoisotopic (exact) mass is 243 g/mol. The molecule has 0 atom stereocenters.